The smallest absolute Gasteiger partial charge is 0.416 e. The van der Waals surface area contributed by atoms with Crippen LogP contribution in [0.15, 0.2) is 73.2 Å². The molecule has 0 saturated carbocycles. The number of hydrogen-bond acceptors (Lipinski definition) is 5. The number of benzene rings is 2. The third-order valence-corrected chi connectivity index (χ3v) is 4.25. The van der Waals surface area contributed by atoms with Gasteiger partial charge in [-0.3, -0.25) is 4.79 Å². The van der Waals surface area contributed by atoms with Crippen LogP contribution in [0.4, 0.5) is 18.9 Å². The minimum absolute atomic E-state index is 0.127. The van der Waals surface area contributed by atoms with E-state index in [0.29, 0.717) is 5.65 Å². The average Bonchev–Trinajstić information content (AvgIpc) is 3.18. The number of hydrogen-bond donors (Lipinski definition) is 1. The lowest BCUT2D eigenvalue weighted by molar-refractivity contribution is -0.137. The van der Waals surface area contributed by atoms with E-state index in [0.717, 1.165) is 18.2 Å². The van der Waals surface area contributed by atoms with Crippen molar-refractivity contribution in [3.8, 4) is 5.75 Å². The van der Waals surface area contributed by atoms with Crippen molar-refractivity contribution in [1.29, 1.82) is 0 Å². The summed E-state index contributed by atoms with van der Waals surface area (Å²) in [5, 5.41) is 6.50. The van der Waals surface area contributed by atoms with Crippen molar-refractivity contribution < 1.29 is 27.5 Å². The molecule has 0 fully saturated rings. The van der Waals surface area contributed by atoms with Crippen LogP contribution in [-0.2, 0) is 6.18 Å². The number of nitrogens with zero attached hydrogens (tertiary/aromatic N) is 3. The molecular formula is C21H13F3N4O3. The molecule has 0 aliphatic carbocycles. The molecule has 156 valence electrons. The molecule has 0 aliphatic rings. The highest BCUT2D eigenvalue weighted by Crippen LogP contribution is 2.29. The molecule has 1 N–H and O–H groups in total. The van der Waals surface area contributed by atoms with Gasteiger partial charge in [-0.1, -0.05) is 12.1 Å². The van der Waals surface area contributed by atoms with Crippen molar-refractivity contribution in [2.75, 3.05) is 5.32 Å². The maximum absolute atomic E-state index is 12.9. The Balaban J connectivity index is 1.50. The van der Waals surface area contributed by atoms with E-state index < -0.39 is 23.6 Å². The van der Waals surface area contributed by atoms with E-state index in [-0.39, 0.29) is 22.6 Å². The average molecular weight is 426 g/mol. The number of carbonyl (C=O) groups excluding carboxylic acids is 2. The Bertz CT molecular complexity index is 1280. The summed E-state index contributed by atoms with van der Waals surface area (Å²) in [5.74, 6) is -1.31. The van der Waals surface area contributed by atoms with Gasteiger partial charge in [0.15, 0.2) is 5.65 Å². The van der Waals surface area contributed by atoms with Gasteiger partial charge >= 0.3 is 12.1 Å². The summed E-state index contributed by atoms with van der Waals surface area (Å²) >= 11 is 0. The molecule has 7 nitrogen and oxygen atoms in total. The molecular weight excluding hydrogens is 413 g/mol. The van der Waals surface area contributed by atoms with Crippen LogP contribution < -0.4 is 10.1 Å². The predicted molar refractivity (Wildman–Crippen MR) is 104 cm³/mol. The van der Waals surface area contributed by atoms with Crippen molar-refractivity contribution >= 4 is 23.2 Å². The number of nitrogens with one attached hydrogen (secondary N) is 1. The Morgan fingerprint density at radius 2 is 1.84 bits per heavy atom. The third-order valence-electron chi connectivity index (χ3n) is 4.25. The summed E-state index contributed by atoms with van der Waals surface area (Å²) in [6.07, 6.45) is -0.0952. The highest BCUT2D eigenvalue weighted by Gasteiger charge is 2.30. The number of ether oxygens (including phenoxy) is 1. The number of alkyl halides is 3. The maximum Gasteiger partial charge on any atom is 0.416 e. The summed E-state index contributed by atoms with van der Waals surface area (Å²) < 4.78 is 45.3. The number of fused-ring (bicyclic) bond motifs is 1. The molecule has 2 aromatic carbocycles. The summed E-state index contributed by atoms with van der Waals surface area (Å²) in [4.78, 5) is 28.9. The van der Waals surface area contributed by atoms with E-state index >= 15 is 0 Å². The first kappa shape index (κ1) is 20.1. The Labute approximate surface area is 173 Å². The van der Waals surface area contributed by atoms with Crippen molar-refractivity contribution in [1.82, 2.24) is 14.6 Å². The first-order chi connectivity index (χ1) is 14.8. The van der Waals surface area contributed by atoms with Crippen molar-refractivity contribution in [2.45, 2.75) is 6.18 Å². The third kappa shape index (κ3) is 4.37. The van der Waals surface area contributed by atoms with E-state index in [9.17, 15) is 22.8 Å². The van der Waals surface area contributed by atoms with Gasteiger partial charge in [0.05, 0.1) is 11.8 Å². The van der Waals surface area contributed by atoms with Gasteiger partial charge in [0.2, 0.25) is 0 Å². The zero-order chi connectivity index (χ0) is 22.0. The highest BCUT2D eigenvalue weighted by atomic mass is 19.4. The van der Waals surface area contributed by atoms with Crippen LogP contribution in [-0.4, -0.2) is 26.5 Å². The number of amides is 1. The lowest BCUT2D eigenvalue weighted by Crippen LogP contribution is -2.14. The van der Waals surface area contributed by atoms with Crippen LogP contribution in [0.25, 0.3) is 5.65 Å². The van der Waals surface area contributed by atoms with Gasteiger partial charge in [-0.05, 0) is 36.4 Å². The van der Waals surface area contributed by atoms with Gasteiger partial charge in [-0.25, -0.2) is 14.3 Å². The summed E-state index contributed by atoms with van der Waals surface area (Å²) in [7, 11) is 0. The predicted octanol–water partition coefficient (Wildman–Crippen LogP) is 4.22. The molecule has 0 radical (unpaired) electrons. The number of anilines is 1. The fraction of sp³-hybridized carbons (Fsp3) is 0.0476. The van der Waals surface area contributed by atoms with E-state index in [1.165, 1.54) is 47.2 Å². The van der Waals surface area contributed by atoms with Crippen LogP contribution in [0.5, 0.6) is 5.75 Å². The molecule has 0 unspecified atom stereocenters. The first-order valence-corrected chi connectivity index (χ1v) is 8.90. The number of halogens is 3. The van der Waals surface area contributed by atoms with Gasteiger partial charge in [-0.2, -0.15) is 18.3 Å². The van der Waals surface area contributed by atoms with Crippen molar-refractivity contribution in [2.24, 2.45) is 0 Å². The summed E-state index contributed by atoms with van der Waals surface area (Å²) in [6.45, 7) is 0. The van der Waals surface area contributed by atoms with Gasteiger partial charge < -0.3 is 10.1 Å². The quantitative estimate of drug-likeness (QED) is 0.390. The number of rotatable bonds is 4. The van der Waals surface area contributed by atoms with Gasteiger partial charge in [0.1, 0.15) is 11.3 Å². The van der Waals surface area contributed by atoms with Gasteiger partial charge in [0, 0.05) is 29.7 Å². The standard InChI is InChI=1S/C21H13F3N4O3/c22-21(23,24)14-5-1-4-13(10-14)19(29)27-15-6-2-7-16(11-15)31-20(30)17-12-26-28-9-3-8-25-18(17)28/h1-12H,(H,27,29). The Morgan fingerprint density at radius 1 is 1.03 bits per heavy atom. The molecule has 1 amide bonds. The zero-order valence-corrected chi connectivity index (χ0v) is 15.6. The lowest BCUT2D eigenvalue weighted by Gasteiger charge is -2.10. The largest absolute Gasteiger partial charge is 0.423 e. The van der Waals surface area contributed by atoms with Gasteiger partial charge in [0.25, 0.3) is 5.91 Å². The van der Waals surface area contributed by atoms with E-state index in [4.69, 9.17) is 4.74 Å². The molecule has 31 heavy (non-hydrogen) atoms. The first-order valence-electron chi connectivity index (χ1n) is 8.90. The zero-order valence-electron chi connectivity index (χ0n) is 15.6. The summed E-state index contributed by atoms with van der Waals surface area (Å²) in [6, 6.07) is 11.6. The van der Waals surface area contributed by atoms with Crippen LogP contribution in [0.2, 0.25) is 0 Å². The molecule has 4 aromatic rings. The molecule has 0 atom stereocenters. The van der Waals surface area contributed by atoms with Crippen LogP contribution in [0, 0.1) is 0 Å². The minimum Gasteiger partial charge on any atom is -0.423 e. The normalized spacial score (nSPS) is 11.3. The number of esters is 1. The second-order valence-electron chi connectivity index (χ2n) is 6.40. The fourth-order valence-electron chi connectivity index (χ4n) is 2.81. The van der Waals surface area contributed by atoms with E-state index in [1.807, 2.05) is 0 Å². The molecule has 0 aliphatic heterocycles. The molecule has 2 heterocycles. The van der Waals surface area contributed by atoms with Crippen LogP contribution >= 0.6 is 0 Å². The highest BCUT2D eigenvalue weighted by molar-refractivity contribution is 6.04. The van der Waals surface area contributed by atoms with Crippen LogP contribution in [0.3, 0.4) is 0 Å². The Kier molecular flexibility index (Phi) is 5.12. The topological polar surface area (TPSA) is 85.6 Å². The SMILES string of the molecule is O=C(Nc1cccc(OC(=O)c2cnn3cccnc23)c1)c1cccc(C(F)(F)F)c1. The Morgan fingerprint density at radius 3 is 2.65 bits per heavy atom. The summed E-state index contributed by atoms with van der Waals surface area (Å²) in [5.41, 5.74) is -0.370. The maximum atomic E-state index is 12.9. The number of carbonyl (C=O) groups is 2. The van der Waals surface area contributed by atoms with Crippen molar-refractivity contribution in [3.63, 3.8) is 0 Å². The van der Waals surface area contributed by atoms with Crippen molar-refractivity contribution in [3.05, 3.63) is 89.9 Å². The van der Waals surface area contributed by atoms with E-state index in [2.05, 4.69) is 15.4 Å². The molecule has 4 rings (SSSR count). The molecule has 10 heteroatoms. The van der Waals surface area contributed by atoms with Gasteiger partial charge in [-0.15, -0.1) is 0 Å². The Hall–Kier alpha value is -4.21. The second kappa shape index (κ2) is 7.90. The van der Waals surface area contributed by atoms with Crippen LogP contribution in [0.1, 0.15) is 26.3 Å². The number of aromatic nitrogens is 3. The molecule has 0 bridgehead atoms. The van der Waals surface area contributed by atoms with E-state index in [1.54, 1.807) is 12.3 Å². The molecule has 0 saturated heterocycles. The second-order valence-corrected chi connectivity index (χ2v) is 6.40. The fourth-order valence-corrected chi connectivity index (χ4v) is 2.81. The molecule has 2 aromatic heterocycles. The minimum atomic E-state index is -4.56. The molecule has 0 spiro atoms. The monoisotopic (exact) mass is 426 g/mol. The lowest BCUT2D eigenvalue weighted by atomic mass is 10.1.